The molecule has 6 nitrogen and oxygen atoms in total. The Kier molecular flexibility index (Phi) is 3.56. The van der Waals surface area contributed by atoms with Crippen LogP contribution in [0.1, 0.15) is 56.8 Å². The van der Waals surface area contributed by atoms with E-state index in [2.05, 4.69) is 5.32 Å². The molecule has 0 saturated carbocycles. The van der Waals surface area contributed by atoms with Crippen LogP contribution in [-0.4, -0.2) is 34.6 Å². The standard InChI is InChI=1S/C20H19NO5/c1-20(25)8-10-6-7-12(22)17(15(10)13(23)9-20)18-11-4-3-5-14(26-2)16(11)19(24)21-18/h3-7,18,22,25H,8-9H2,1-2H3,(H,21,24). The first-order valence-electron chi connectivity index (χ1n) is 8.40. The van der Waals surface area contributed by atoms with Gasteiger partial charge < -0.3 is 20.3 Å². The Morgan fingerprint density at radius 1 is 1.15 bits per heavy atom. The summed E-state index contributed by atoms with van der Waals surface area (Å²) in [5, 5.41) is 23.7. The van der Waals surface area contributed by atoms with Gasteiger partial charge in [0.25, 0.3) is 5.91 Å². The molecule has 0 fully saturated rings. The molecule has 1 aliphatic heterocycles. The first-order valence-corrected chi connectivity index (χ1v) is 8.40. The second kappa shape index (κ2) is 5.57. The number of ether oxygens (including phenoxy) is 1. The molecule has 0 aromatic heterocycles. The van der Waals surface area contributed by atoms with Gasteiger partial charge in [0, 0.05) is 24.0 Å². The summed E-state index contributed by atoms with van der Waals surface area (Å²) < 4.78 is 5.28. The van der Waals surface area contributed by atoms with Crippen molar-refractivity contribution in [1.82, 2.24) is 5.32 Å². The number of rotatable bonds is 2. The number of aliphatic hydroxyl groups is 1. The van der Waals surface area contributed by atoms with E-state index in [9.17, 15) is 19.8 Å². The number of hydrogen-bond acceptors (Lipinski definition) is 5. The van der Waals surface area contributed by atoms with E-state index in [4.69, 9.17) is 4.74 Å². The third-order valence-corrected chi connectivity index (χ3v) is 5.08. The van der Waals surface area contributed by atoms with Gasteiger partial charge >= 0.3 is 0 Å². The minimum Gasteiger partial charge on any atom is -0.508 e. The Hall–Kier alpha value is -2.86. The van der Waals surface area contributed by atoms with Crippen LogP contribution in [0, 0.1) is 0 Å². The van der Waals surface area contributed by atoms with Gasteiger partial charge in [-0.15, -0.1) is 0 Å². The number of aromatic hydroxyl groups is 1. The predicted octanol–water partition coefficient (Wildman–Crippen LogP) is 2.11. The molecule has 2 aliphatic rings. The Morgan fingerprint density at radius 2 is 1.92 bits per heavy atom. The van der Waals surface area contributed by atoms with Crippen molar-refractivity contribution in [3.8, 4) is 11.5 Å². The maximum Gasteiger partial charge on any atom is 0.256 e. The van der Waals surface area contributed by atoms with Crippen molar-refractivity contribution in [3.05, 3.63) is 58.1 Å². The number of ketones is 1. The number of methoxy groups -OCH3 is 1. The fourth-order valence-corrected chi connectivity index (χ4v) is 4.04. The minimum atomic E-state index is -1.11. The van der Waals surface area contributed by atoms with E-state index in [-0.39, 0.29) is 23.9 Å². The van der Waals surface area contributed by atoms with Crippen LogP contribution in [0.2, 0.25) is 0 Å². The van der Waals surface area contributed by atoms with Crippen molar-refractivity contribution in [3.63, 3.8) is 0 Å². The summed E-state index contributed by atoms with van der Waals surface area (Å²) in [7, 11) is 1.49. The highest BCUT2D eigenvalue weighted by molar-refractivity contribution is 6.05. The summed E-state index contributed by atoms with van der Waals surface area (Å²) in [6, 6.07) is 7.77. The second-order valence-corrected chi connectivity index (χ2v) is 7.14. The molecular weight excluding hydrogens is 334 g/mol. The van der Waals surface area contributed by atoms with Gasteiger partial charge in [0.15, 0.2) is 5.78 Å². The highest BCUT2D eigenvalue weighted by Gasteiger charge is 2.40. The van der Waals surface area contributed by atoms with Gasteiger partial charge in [0.1, 0.15) is 11.5 Å². The summed E-state index contributed by atoms with van der Waals surface area (Å²) in [5.41, 5.74) is 1.39. The zero-order valence-electron chi connectivity index (χ0n) is 14.5. The number of hydrogen-bond donors (Lipinski definition) is 3. The topological polar surface area (TPSA) is 95.9 Å². The third kappa shape index (κ3) is 2.37. The number of phenolic OH excluding ortho intramolecular Hbond substituents is 1. The molecule has 1 heterocycles. The molecule has 0 bridgehead atoms. The highest BCUT2D eigenvalue weighted by atomic mass is 16.5. The molecule has 0 saturated heterocycles. The van der Waals surface area contributed by atoms with Crippen molar-refractivity contribution in [2.45, 2.75) is 31.4 Å². The molecule has 1 amide bonds. The average molecular weight is 353 g/mol. The lowest BCUT2D eigenvalue weighted by atomic mass is 9.77. The van der Waals surface area contributed by atoms with Crippen molar-refractivity contribution in [2.24, 2.45) is 0 Å². The molecule has 0 radical (unpaired) electrons. The van der Waals surface area contributed by atoms with Gasteiger partial charge in [-0.25, -0.2) is 0 Å². The number of carbonyl (C=O) groups is 2. The van der Waals surface area contributed by atoms with Crippen molar-refractivity contribution < 1.29 is 24.5 Å². The van der Waals surface area contributed by atoms with Gasteiger partial charge in [-0.2, -0.15) is 0 Å². The average Bonchev–Trinajstić information content (AvgIpc) is 2.91. The number of fused-ring (bicyclic) bond motifs is 2. The van der Waals surface area contributed by atoms with Crippen LogP contribution >= 0.6 is 0 Å². The molecule has 2 unspecified atom stereocenters. The monoisotopic (exact) mass is 353 g/mol. The number of benzene rings is 2. The Labute approximate surface area is 150 Å². The van der Waals surface area contributed by atoms with Crippen LogP contribution in [0.15, 0.2) is 30.3 Å². The maximum absolute atomic E-state index is 12.7. The summed E-state index contributed by atoms with van der Waals surface area (Å²) in [6.07, 6.45) is 0.287. The molecular formula is C20H19NO5. The van der Waals surface area contributed by atoms with Crippen LogP contribution < -0.4 is 10.1 Å². The van der Waals surface area contributed by atoms with E-state index in [0.29, 0.717) is 40.0 Å². The van der Waals surface area contributed by atoms with Crippen LogP contribution in [0.4, 0.5) is 0 Å². The Balaban J connectivity index is 1.92. The third-order valence-electron chi connectivity index (χ3n) is 5.08. The number of phenols is 1. The van der Waals surface area contributed by atoms with Gasteiger partial charge in [-0.1, -0.05) is 18.2 Å². The molecule has 2 aromatic rings. The SMILES string of the molecule is COc1cccc2c1C(=O)NC2c1c(O)ccc2c1C(=O)CC(C)(O)C2. The lowest BCUT2D eigenvalue weighted by molar-refractivity contribution is 0.0408. The number of carbonyl (C=O) groups excluding carboxylic acids is 2. The molecule has 134 valence electrons. The van der Waals surface area contributed by atoms with Crippen LogP contribution in [0.25, 0.3) is 0 Å². The quantitative estimate of drug-likeness (QED) is 0.768. The van der Waals surface area contributed by atoms with Gasteiger partial charge in [-0.05, 0) is 30.2 Å². The van der Waals surface area contributed by atoms with E-state index in [0.717, 1.165) is 0 Å². The molecule has 6 heteroatoms. The second-order valence-electron chi connectivity index (χ2n) is 7.14. The molecule has 3 N–H and O–H groups in total. The van der Waals surface area contributed by atoms with Crippen molar-refractivity contribution >= 4 is 11.7 Å². The lowest BCUT2D eigenvalue weighted by Gasteiger charge is -2.31. The lowest BCUT2D eigenvalue weighted by Crippen LogP contribution is -2.37. The molecule has 2 aromatic carbocycles. The Bertz CT molecular complexity index is 947. The number of nitrogens with one attached hydrogen (secondary N) is 1. The Morgan fingerprint density at radius 3 is 2.65 bits per heavy atom. The fourth-order valence-electron chi connectivity index (χ4n) is 4.04. The van der Waals surface area contributed by atoms with Crippen molar-refractivity contribution in [1.29, 1.82) is 0 Å². The first-order chi connectivity index (χ1) is 12.3. The zero-order valence-corrected chi connectivity index (χ0v) is 14.5. The molecule has 2 atom stereocenters. The van der Waals surface area contributed by atoms with E-state index in [1.165, 1.54) is 13.2 Å². The summed E-state index contributed by atoms with van der Waals surface area (Å²) in [4.78, 5) is 25.2. The van der Waals surface area contributed by atoms with Gasteiger partial charge in [0.2, 0.25) is 0 Å². The molecule has 26 heavy (non-hydrogen) atoms. The molecule has 1 aliphatic carbocycles. The van der Waals surface area contributed by atoms with Gasteiger partial charge in [0.05, 0.1) is 24.3 Å². The largest absolute Gasteiger partial charge is 0.508 e. The maximum atomic E-state index is 12.7. The van der Waals surface area contributed by atoms with Crippen LogP contribution in [-0.2, 0) is 6.42 Å². The summed E-state index contributed by atoms with van der Waals surface area (Å²) >= 11 is 0. The van der Waals surface area contributed by atoms with Crippen molar-refractivity contribution in [2.75, 3.05) is 7.11 Å². The van der Waals surface area contributed by atoms with E-state index < -0.39 is 11.6 Å². The fraction of sp³-hybridized carbons (Fsp3) is 0.300. The summed E-state index contributed by atoms with van der Waals surface area (Å²) in [6.45, 7) is 1.62. The summed E-state index contributed by atoms with van der Waals surface area (Å²) in [5.74, 6) is -0.164. The molecule has 4 rings (SSSR count). The van der Waals surface area contributed by atoms with Gasteiger partial charge in [-0.3, -0.25) is 9.59 Å². The smallest absolute Gasteiger partial charge is 0.256 e. The predicted molar refractivity (Wildman–Crippen MR) is 93.7 cm³/mol. The number of amides is 1. The van der Waals surface area contributed by atoms with E-state index in [1.54, 1.807) is 31.2 Å². The van der Waals surface area contributed by atoms with E-state index in [1.807, 2.05) is 0 Å². The minimum absolute atomic E-state index is 0.0257. The molecule has 0 spiro atoms. The van der Waals surface area contributed by atoms with Crippen LogP contribution in [0.3, 0.4) is 0 Å². The van der Waals surface area contributed by atoms with E-state index >= 15 is 0 Å². The van der Waals surface area contributed by atoms with Crippen LogP contribution in [0.5, 0.6) is 11.5 Å². The highest BCUT2D eigenvalue weighted by Crippen LogP contribution is 2.43. The zero-order chi connectivity index (χ0) is 18.6. The first kappa shape index (κ1) is 16.6. The number of Topliss-reactive ketones (excluding diaryl/α,β-unsaturated/α-hetero) is 1. The normalized spacial score (nSPS) is 24.0.